The summed E-state index contributed by atoms with van der Waals surface area (Å²) < 4.78 is 5.96. The van der Waals surface area contributed by atoms with Crippen LogP contribution in [0.1, 0.15) is 5.89 Å². The van der Waals surface area contributed by atoms with Gasteiger partial charge < -0.3 is 15.2 Å². The summed E-state index contributed by atoms with van der Waals surface area (Å²) in [4.78, 5) is 6.20. The van der Waals surface area contributed by atoms with Gasteiger partial charge in [0.1, 0.15) is 0 Å². The molecule has 0 aliphatic carbocycles. The molecule has 0 unspecified atom stereocenters. The van der Waals surface area contributed by atoms with Crippen molar-refractivity contribution >= 4 is 21.6 Å². The van der Waals surface area contributed by atoms with Crippen LogP contribution in [0, 0.1) is 0 Å². The fourth-order valence-electron chi connectivity index (χ4n) is 1.46. The average molecular weight is 297 g/mol. The number of hydrogen-bond acceptors (Lipinski definition) is 5. The van der Waals surface area contributed by atoms with Crippen LogP contribution in [0.4, 0.5) is 5.69 Å². The van der Waals surface area contributed by atoms with E-state index in [0.29, 0.717) is 11.7 Å². The van der Waals surface area contributed by atoms with Crippen molar-refractivity contribution in [3.8, 4) is 11.4 Å². The van der Waals surface area contributed by atoms with E-state index in [1.165, 1.54) is 0 Å². The van der Waals surface area contributed by atoms with Gasteiger partial charge in [0.2, 0.25) is 11.7 Å². The van der Waals surface area contributed by atoms with Crippen molar-refractivity contribution in [3.63, 3.8) is 0 Å². The van der Waals surface area contributed by atoms with E-state index < -0.39 is 0 Å². The van der Waals surface area contributed by atoms with Gasteiger partial charge in [-0.15, -0.1) is 0 Å². The van der Waals surface area contributed by atoms with Gasteiger partial charge in [-0.05, 0) is 34.1 Å². The highest BCUT2D eigenvalue weighted by Gasteiger charge is 2.10. The van der Waals surface area contributed by atoms with Crippen LogP contribution in [-0.2, 0) is 6.54 Å². The Morgan fingerprint density at radius 3 is 2.71 bits per heavy atom. The highest BCUT2D eigenvalue weighted by molar-refractivity contribution is 9.10. The summed E-state index contributed by atoms with van der Waals surface area (Å²) in [6.45, 7) is 0.254. The zero-order valence-electron chi connectivity index (χ0n) is 9.64. The van der Waals surface area contributed by atoms with Crippen LogP contribution in [-0.4, -0.2) is 24.2 Å². The molecule has 0 bridgehead atoms. The number of hydrogen-bond donors (Lipinski definition) is 1. The molecule has 0 fully saturated rings. The summed E-state index contributed by atoms with van der Waals surface area (Å²) in [5.41, 5.74) is 7.41. The van der Waals surface area contributed by atoms with Gasteiger partial charge in [-0.3, -0.25) is 0 Å². The molecule has 6 heteroatoms. The third-order valence-corrected chi connectivity index (χ3v) is 2.97. The molecule has 1 aromatic heterocycles. The normalized spacial score (nSPS) is 10.6. The summed E-state index contributed by atoms with van der Waals surface area (Å²) in [7, 11) is 3.97. The summed E-state index contributed by atoms with van der Waals surface area (Å²) in [5, 5.41) is 3.87. The van der Waals surface area contributed by atoms with Gasteiger partial charge in [-0.25, -0.2) is 0 Å². The second-order valence-electron chi connectivity index (χ2n) is 3.78. The van der Waals surface area contributed by atoms with E-state index in [4.69, 9.17) is 10.3 Å². The SMILES string of the molecule is CN(C)c1ccc(-c2noc(CN)n2)cc1Br. The molecule has 0 saturated heterocycles. The molecule has 0 radical (unpaired) electrons. The van der Waals surface area contributed by atoms with Crippen LogP contribution >= 0.6 is 15.9 Å². The van der Waals surface area contributed by atoms with E-state index in [2.05, 4.69) is 26.1 Å². The molecule has 2 aromatic rings. The number of rotatable bonds is 3. The Kier molecular flexibility index (Phi) is 3.44. The zero-order valence-corrected chi connectivity index (χ0v) is 11.2. The van der Waals surface area contributed by atoms with Gasteiger partial charge in [0.25, 0.3) is 0 Å². The summed E-state index contributed by atoms with van der Waals surface area (Å²) in [5.74, 6) is 0.990. The lowest BCUT2D eigenvalue weighted by Gasteiger charge is -2.14. The van der Waals surface area contributed by atoms with Crippen molar-refractivity contribution in [2.24, 2.45) is 5.73 Å². The fraction of sp³-hybridized carbons (Fsp3) is 0.273. The Morgan fingerprint density at radius 1 is 1.41 bits per heavy atom. The topological polar surface area (TPSA) is 68.2 Å². The van der Waals surface area contributed by atoms with E-state index in [-0.39, 0.29) is 6.54 Å². The Balaban J connectivity index is 2.37. The first kappa shape index (κ1) is 12.1. The molecule has 5 nitrogen and oxygen atoms in total. The first-order chi connectivity index (χ1) is 8.11. The second-order valence-corrected chi connectivity index (χ2v) is 4.63. The Bertz CT molecular complexity index is 524. The van der Waals surface area contributed by atoms with E-state index in [1.54, 1.807) is 0 Å². The van der Waals surface area contributed by atoms with E-state index in [1.807, 2.05) is 37.2 Å². The average Bonchev–Trinajstić information content (AvgIpc) is 2.76. The van der Waals surface area contributed by atoms with Gasteiger partial charge in [0.15, 0.2) is 0 Å². The summed E-state index contributed by atoms with van der Waals surface area (Å²) in [6, 6.07) is 5.91. The molecule has 0 spiro atoms. The lowest BCUT2D eigenvalue weighted by Crippen LogP contribution is -2.09. The van der Waals surface area contributed by atoms with Crippen LogP contribution in [0.25, 0.3) is 11.4 Å². The van der Waals surface area contributed by atoms with E-state index >= 15 is 0 Å². The molecule has 1 heterocycles. The zero-order chi connectivity index (χ0) is 12.4. The highest BCUT2D eigenvalue weighted by Crippen LogP contribution is 2.29. The molecule has 0 atom stereocenters. The van der Waals surface area contributed by atoms with Gasteiger partial charge in [-0.2, -0.15) is 4.98 Å². The van der Waals surface area contributed by atoms with Crippen LogP contribution in [0.3, 0.4) is 0 Å². The van der Waals surface area contributed by atoms with Crippen molar-refractivity contribution in [1.29, 1.82) is 0 Å². The second kappa shape index (κ2) is 4.85. The maximum absolute atomic E-state index is 5.42. The first-order valence-corrected chi connectivity index (χ1v) is 5.91. The molecule has 0 aliphatic heterocycles. The van der Waals surface area contributed by atoms with Crippen molar-refractivity contribution < 1.29 is 4.52 Å². The molecular weight excluding hydrogens is 284 g/mol. The number of nitrogens with zero attached hydrogens (tertiary/aromatic N) is 3. The number of anilines is 1. The molecule has 1 aromatic carbocycles. The molecule has 0 amide bonds. The number of halogens is 1. The quantitative estimate of drug-likeness (QED) is 0.938. The smallest absolute Gasteiger partial charge is 0.240 e. The maximum atomic E-state index is 5.42. The molecule has 2 rings (SSSR count). The molecule has 0 saturated carbocycles. The van der Waals surface area contributed by atoms with Crippen molar-refractivity contribution in [2.75, 3.05) is 19.0 Å². The van der Waals surface area contributed by atoms with Crippen molar-refractivity contribution in [3.05, 3.63) is 28.6 Å². The van der Waals surface area contributed by atoms with Gasteiger partial charge in [-0.1, -0.05) is 5.16 Å². The Labute approximate surface area is 108 Å². The van der Waals surface area contributed by atoms with Crippen LogP contribution < -0.4 is 10.6 Å². The monoisotopic (exact) mass is 296 g/mol. The van der Waals surface area contributed by atoms with Gasteiger partial charge in [0, 0.05) is 24.1 Å². The molecule has 0 aliphatic rings. The molecule has 2 N–H and O–H groups in total. The minimum atomic E-state index is 0.254. The van der Waals surface area contributed by atoms with Crippen LogP contribution in [0.5, 0.6) is 0 Å². The largest absolute Gasteiger partial charge is 0.377 e. The Hall–Kier alpha value is -1.40. The van der Waals surface area contributed by atoms with Gasteiger partial charge >= 0.3 is 0 Å². The van der Waals surface area contributed by atoms with Crippen molar-refractivity contribution in [1.82, 2.24) is 10.1 Å². The number of benzene rings is 1. The predicted octanol–water partition coefficient (Wildman–Crippen LogP) is 2.02. The first-order valence-electron chi connectivity index (χ1n) is 5.11. The highest BCUT2D eigenvalue weighted by atomic mass is 79.9. The Morgan fingerprint density at radius 2 is 2.18 bits per heavy atom. The molecule has 17 heavy (non-hydrogen) atoms. The lowest BCUT2D eigenvalue weighted by molar-refractivity contribution is 0.380. The van der Waals surface area contributed by atoms with Crippen molar-refractivity contribution in [2.45, 2.75) is 6.54 Å². The molecular formula is C11H13BrN4O. The third-order valence-electron chi connectivity index (χ3n) is 2.33. The number of nitrogens with two attached hydrogens (primary N) is 1. The fourth-order valence-corrected chi connectivity index (χ4v) is 2.20. The van der Waals surface area contributed by atoms with Gasteiger partial charge in [0.05, 0.1) is 12.2 Å². The van der Waals surface area contributed by atoms with E-state index in [0.717, 1.165) is 15.7 Å². The maximum Gasteiger partial charge on any atom is 0.240 e. The third kappa shape index (κ3) is 2.48. The standard InChI is InChI=1S/C11H13BrN4O/c1-16(2)9-4-3-7(5-8(9)12)11-14-10(6-13)17-15-11/h3-5H,6,13H2,1-2H3. The number of aromatic nitrogens is 2. The minimum absolute atomic E-state index is 0.254. The van der Waals surface area contributed by atoms with Crippen LogP contribution in [0.15, 0.2) is 27.2 Å². The predicted molar refractivity (Wildman–Crippen MR) is 69.7 cm³/mol. The molecule has 90 valence electrons. The minimum Gasteiger partial charge on any atom is -0.377 e. The van der Waals surface area contributed by atoms with E-state index in [9.17, 15) is 0 Å². The van der Waals surface area contributed by atoms with Crippen LogP contribution in [0.2, 0.25) is 0 Å². The summed E-state index contributed by atoms with van der Waals surface area (Å²) >= 11 is 3.52. The summed E-state index contributed by atoms with van der Waals surface area (Å²) in [6.07, 6.45) is 0. The lowest BCUT2D eigenvalue weighted by atomic mass is 10.2.